The Labute approximate surface area is 169 Å². The van der Waals surface area contributed by atoms with Crippen molar-refractivity contribution in [3.8, 4) is 5.75 Å². The molecule has 2 heterocycles. The van der Waals surface area contributed by atoms with Gasteiger partial charge in [-0.3, -0.25) is 9.59 Å². The SMILES string of the molecule is COc1ccc(N2CCN(C(=O)c3cc(=O)c4c(C)cc(C)cc4o3)CC2)cc1. The summed E-state index contributed by atoms with van der Waals surface area (Å²) in [6, 6.07) is 13.0. The Morgan fingerprint density at radius 3 is 2.34 bits per heavy atom. The molecule has 3 aromatic rings. The summed E-state index contributed by atoms with van der Waals surface area (Å²) in [7, 11) is 1.65. The van der Waals surface area contributed by atoms with Gasteiger partial charge in [0.05, 0.1) is 12.5 Å². The van der Waals surface area contributed by atoms with Crippen molar-refractivity contribution in [1.82, 2.24) is 4.90 Å². The van der Waals surface area contributed by atoms with Crippen LogP contribution in [0.25, 0.3) is 11.0 Å². The molecule has 4 rings (SSSR count). The van der Waals surface area contributed by atoms with Crippen molar-refractivity contribution in [2.24, 2.45) is 0 Å². The Morgan fingerprint density at radius 1 is 1.00 bits per heavy atom. The zero-order chi connectivity index (χ0) is 20.5. The predicted molar refractivity (Wildman–Crippen MR) is 113 cm³/mol. The van der Waals surface area contributed by atoms with E-state index in [1.165, 1.54) is 6.07 Å². The molecule has 0 spiro atoms. The number of benzene rings is 2. The van der Waals surface area contributed by atoms with Crippen LogP contribution >= 0.6 is 0 Å². The first-order valence-corrected chi connectivity index (χ1v) is 9.69. The van der Waals surface area contributed by atoms with E-state index in [2.05, 4.69) is 4.90 Å². The van der Waals surface area contributed by atoms with Gasteiger partial charge in [0, 0.05) is 37.9 Å². The lowest BCUT2D eigenvalue weighted by molar-refractivity contribution is 0.0715. The fourth-order valence-electron chi connectivity index (χ4n) is 3.89. The second-order valence-electron chi connectivity index (χ2n) is 7.41. The van der Waals surface area contributed by atoms with Gasteiger partial charge in [-0.1, -0.05) is 6.07 Å². The predicted octanol–water partition coefficient (Wildman–Crippen LogP) is 3.38. The molecular formula is C23H24N2O4. The van der Waals surface area contributed by atoms with E-state index in [0.717, 1.165) is 22.6 Å². The van der Waals surface area contributed by atoms with Crippen molar-refractivity contribution in [2.45, 2.75) is 13.8 Å². The number of hydrogen-bond acceptors (Lipinski definition) is 5. The molecule has 0 atom stereocenters. The zero-order valence-corrected chi connectivity index (χ0v) is 16.9. The molecule has 0 N–H and O–H groups in total. The van der Waals surface area contributed by atoms with Gasteiger partial charge in [0.25, 0.3) is 5.91 Å². The topological polar surface area (TPSA) is 63.0 Å². The highest BCUT2D eigenvalue weighted by atomic mass is 16.5. The first kappa shape index (κ1) is 19.1. The highest BCUT2D eigenvalue weighted by molar-refractivity contribution is 5.93. The average molecular weight is 392 g/mol. The number of aryl methyl sites for hydroxylation is 2. The third kappa shape index (κ3) is 3.70. The van der Waals surface area contributed by atoms with E-state index >= 15 is 0 Å². The molecule has 1 fully saturated rings. The van der Waals surface area contributed by atoms with Gasteiger partial charge in [0.15, 0.2) is 11.2 Å². The first-order valence-electron chi connectivity index (χ1n) is 9.69. The molecule has 0 radical (unpaired) electrons. The molecule has 0 saturated carbocycles. The molecule has 1 aromatic heterocycles. The maximum atomic E-state index is 13.0. The van der Waals surface area contributed by atoms with Crippen molar-refractivity contribution < 1.29 is 13.9 Å². The van der Waals surface area contributed by atoms with Crippen molar-refractivity contribution in [3.63, 3.8) is 0 Å². The molecule has 1 aliphatic heterocycles. The number of fused-ring (bicyclic) bond motifs is 1. The Hall–Kier alpha value is -3.28. The monoisotopic (exact) mass is 392 g/mol. The molecule has 6 nitrogen and oxygen atoms in total. The lowest BCUT2D eigenvalue weighted by atomic mass is 10.1. The largest absolute Gasteiger partial charge is 0.497 e. The third-order valence-electron chi connectivity index (χ3n) is 5.39. The molecule has 1 amide bonds. The Bertz CT molecular complexity index is 1110. The standard InChI is InChI=1S/C23H24N2O4/c1-15-12-16(2)22-19(26)14-21(29-20(22)13-15)23(27)25-10-8-24(9-11-25)17-4-6-18(28-3)7-5-17/h4-7,12-14H,8-11H2,1-3H3. The number of methoxy groups -OCH3 is 1. The Balaban J connectivity index is 1.51. The van der Waals surface area contributed by atoms with Crippen LogP contribution in [0.15, 0.2) is 51.7 Å². The van der Waals surface area contributed by atoms with E-state index in [1.807, 2.05) is 50.2 Å². The first-order chi connectivity index (χ1) is 14.0. The lowest BCUT2D eigenvalue weighted by Gasteiger charge is -2.35. The van der Waals surface area contributed by atoms with Crippen molar-refractivity contribution in [3.05, 3.63) is 69.6 Å². The smallest absolute Gasteiger partial charge is 0.289 e. The summed E-state index contributed by atoms with van der Waals surface area (Å²) in [5, 5.41) is 0.538. The minimum Gasteiger partial charge on any atom is -0.497 e. The zero-order valence-electron chi connectivity index (χ0n) is 16.9. The van der Waals surface area contributed by atoms with Crippen molar-refractivity contribution >= 4 is 22.6 Å². The van der Waals surface area contributed by atoms with Crippen LogP contribution in [-0.2, 0) is 0 Å². The molecular weight excluding hydrogens is 368 g/mol. The van der Waals surface area contributed by atoms with Crippen LogP contribution < -0.4 is 15.1 Å². The summed E-state index contributed by atoms with van der Waals surface area (Å²) in [4.78, 5) is 29.5. The normalized spacial score (nSPS) is 14.3. The number of amides is 1. The maximum absolute atomic E-state index is 13.0. The van der Waals surface area contributed by atoms with Gasteiger partial charge in [-0.2, -0.15) is 0 Å². The van der Waals surface area contributed by atoms with Gasteiger partial charge in [0.1, 0.15) is 11.3 Å². The minimum absolute atomic E-state index is 0.102. The van der Waals surface area contributed by atoms with Crippen LogP contribution in [-0.4, -0.2) is 44.1 Å². The summed E-state index contributed by atoms with van der Waals surface area (Å²) in [5.74, 6) is 0.683. The van der Waals surface area contributed by atoms with Crippen LogP contribution in [0, 0.1) is 13.8 Å². The van der Waals surface area contributed by atoms with Crippen LogP contribution in [0.3, 0.4) is 0 Å². The third-order valence-corrected chi connectivity index (χ3v) is 5.39. The fourth-order valence-corrected chi connectivity index (χ4v) is 3.89. The van der Waals surface area contributed by atoms with Gasteiger partial charge < -0.3 is 19.0 Å². The number of anilines is 1. The van der Waals surface area contributed by atoms with E-state index < -0.39 is 0 Å². The second-order valence-corrected chi connectivity index (χ2v) is 7.41. The Kier molecular flexibility index (Phi) is 5.01. The van der Waals surface area contributed by atoms with Gasteiger partial charge >= 0.3 is 0 Å². The lowest BCUT2D eigenvalue weighted by Crippen LogP contribution is -2.48. The van der Waals surface area contributed by atoms with E-state index in [0.29, 0.717) is 37.1 Å². The minimum atomic E-state index is -0.238. The van der Waals surface area contributed by atoms with E-state index in [1.54, 1.807) is 12.0 Å². The molecule has 0 bridgehead atoms. The van der Waals surface area contributed by atoms with Crippen LogP contribution in [0.1, 0.15) is 21.7 Å². The van der Waals surface area contributed by atoms with E-state index in [-0.39, 0.29) is 17.1 Å². The highest BCUT2D eigenvalue weighted by Gasteiger charge is 2.25. The molecule has 1 aliphatic rings. The van der Waals surface area contributed by atoms with Gasteiger partial charge in [0.2, 0.25) is 0 Å². The molecule has 29 heavy (non-hydrogen) atoms. The number of carbonyl (C=O) groups excluding carboxylic acids is 1. The summed E-state index contributed by atoms with van der Waals surface area (Å²) in [5.41, 5.74) is 3.25. The van der Waals surface area contributed by atoms with E-state index in [4.69, 9.17) is 9.15 Å². The molecule has 0 aliphatic carbocycles. The van der Waals surface area contributed by atoms with Gasteiger partial charge in [-0.05, 0) is 55.3 Å². The van der Waals surface area contributed by atoms with Gasteiger partial charge in [-0.25, -0.2) is 0 Å². The molecule has 2 aromatic carbocycles. The average Bonchev–Trinajstić information content (AvgIpc) is 2.72. The molecule has 150 valence electrons. The van der Waals surface area contributed by atoms with E-state index in [9.17, 15) is 9.59 Å². The van der Waals surface area contributed by atoms with Crippen molar-refractivity contribution in [1.29, 1.82) is 0 Å². The maximum Gasteiger partial charge on any atom is 0.289 e. The summed E-state index contributed by atoms with van der Waals surface area (Å²) < 4.78 is 11.0. The van der Waals surface area contributed by atoms with Crippen LogP contribution in [0.4, 0.5) is 5.69 Å². The molecule has 0 unspecified atom stereocenters. The van der Waals surface area contributed by atoms with Crippen LogP contribution in [0.5, 0.6) is 5.75 Å². The fraction of sp³-hybridized carbons (Fsp3) is 0.304. The number of rotatable bonds is 3. The molecule has 6 heteroatoms. The molecule has 1 saturated heterocycles. The summed E-state index contributed by atoms with van der Waals surface area (Å²) >= 11 is 0. The summed E-state index contributed by atoms with van der Waals surface area (Å²) in [6.45, 7) is 6.40. The second kappa shape index (κ2) is 7.62. The number of nitrogens with zero attached hydrogens (tertiary/aromatic N) is 2. The quantitative estimate of drug-likeness (QED) is 0.684. The van der Waals surface area contributed by atoms with Gasteiger partial charge in [-0.15, -0.1) is 0 Å². The number of carbonyl (C=O) groups is 1. The number of ether oxygens (including phenoxy) is 1. The Morgan fingerprint density at radius 2 is 1.69 bits per heavy atom. The van der Waals surface area contributed by atoms with Crippen molar-refractivity contribution in [2.75, 3.05) is 38.2 Å². The van der Waals surface area contributed by atoms with Crippen LogP contribution in [0.2, 0.25) is 0 Å². The number of piperazine rings is 1. The summed E-state index contributed by atoms with van der Waals surface area (Å²) in [6.07, 6.45) is 0. The number of hydrogen-bond donors (Lipinski definition) is 0. The highest BCUT2D eigenvalue weighted by Crippen LogP contribution is 2.22.